The number of nitrogens with zero attached hydrogens (tertiary/aromatic N) is 1. The molecule has 0 spiro atoms. The number of ether oxygens (including phenoxy) is 1. The summed E-state index contributed by atoms with van der Waals surface area (Å²) in [4.78, 5) is 39.0. The molecule has 7 nitrogen and oxygen atoms in total. The Bertz CT molecular complexity index is 1320. The number of rotatable bonds is 6. The summed E-state index contributed by atoms with van der Waals surface area (Å²) in [5.41, 5.74) is 1.63. The Kier molecular flexibility index (Phi) is 6.79. The maximum Gasteiger partial charge on any atom is 0.283 e. The lowest BCUT2D eigenvalue weighted by molar-refractivity contribution is -0.120. The molecule has 0 atom stereocenters. The molecule has 1 aliphatic rings. The van der Waals surface area contributed by atoms with Crippen LogP contribution in [0.5, 0.6) is 5.75 Å². The maximum absolute atomic E-state index is 12.9. The van der Waals surface area contributed by atoms with Crippen molar-refractivity contribution in [2.45, 2.75) is 0 Å². The van der Waals surface area contributed by atoms with Crippen molar-refractivity contribution < 1.29 is 19.1 Å². The summed E-state index contributed by atoms with van der Waals surface area (Å²) in [6.45, 7) is 0. The van der Waals surface area contributed by atoms with Crippen LogP contribution in [0.25, 0.3) is 0 Å². The van der Waals surface area contributed by atoms with Crippen molar-refractivity contribution in [3.8, 4) is 5.75 Å². The Hall–Kier alpha value is -3.52. The van der Waals surface area contributed by atoms with Crippen LogP contribution in [0.3, 0.4) is 0 Å². The number of hydrogen-bond donors (Lipinski definition) is 2. The number of halogens is 3. The van der Waals surface area contributed by atoms with Gasteiger partial charge in [0.25, 0.3) is 17.7 Å². The summed E-state index contributed by atoms with van der Waals surface area (Å²) in [5.74, 6) is -1.01. The van der Waals surface area contributed by atoms with Gasteiger partial charge in [0.2, 0.25) is 0 Å². The van der Waals surface area contributed by atoms with Crippen molar-refractivity contribution in [1.82, 2.24) is 0 Å². The molecule has 3 aromatic carbocycles. The van der Waals surface area contributed by atoms with Gasteiger partial charge in [-0.3, -0.25) is 14.4 Å². The summed E-state index contributed by atoms with van der Waals surface area (Å²) in [6, 6.07) is 17.5. The van der Waals surface area contributed by atoms with Gasteiger partial charge in [0.05, 0.1) is 22.8 Å². The minimum absolute atomic E-state index is 0.0597. The molecule has 0 aliphatic carbocycles. The summed E-state index contributed by atoms with van der Waals surface area (Å²) >= 11 is 18.0. The number of nitrogens with one attached hydrogen (secondary N) is 2. The second-order valence-corrected chi connectivity index (χ2v) is 8.31. The van der Waals surface area contributed by atoms with Crippen LogP contribution in [0.1, 0.15) is 10.4 Å². The number of imide groups is 1. The number of carbonyl (C=O) groups is 3. The van der Waals surface area contributed by atoms with Crippen LogP contribution in [0, 0.1) is 0 Å². The van der Waals surface area contributed by atoms with Crippen LogP contribution in [0.15, 0.2) is 77.5 Å². The number of amides is 3. The first-order chi connectivity index (χ1) is 16.3. The molecule has 1 heterocycles. The fraction of sp³-hybridized carbons (Fsp3) is 0.0417. The van der Waals surface area contributed by atoms with Gasteiger partial charge in [0, 0.05) is 16.9 Å². The minimum Gasteiger partial charge on any atom is -0.497 e. The first-order valence-corrected chi connectivity index (χ1v) is 11.0. The van der Waals surface area contributed by atoms with Crippen LogP contribution in [0.2, 0.25) is 10.0 Å². The molecule has 0 bridgehead atoms. The Balaban J connectivity index is 1.47. The quantitative estimate of drug-likeness (QED) is 0.411. The topological polar surface area (TPSA) is 87.7 Å². The van der Waals surface area contributed by atoms with E-state index in [-0.39, 0.29) is 16.6 Å². The predicted molar refractivity (Wildman–Crippen MR) is 133 cm³/mol. The molecule has 0 unspecified atom stereocenters. The number of methoxy groups -OCH3 is 1. The van der Waals surface area contributed by atoms with Gasteiger partial charge in [0.1, 0.15) is 16.5 Å². The molecule has 0 radical (unpaired) electrons. The highest BCUT2D eigenvalue weighted by atomic mass is 35.5. The number of carbonyl (C=O) groups excluding carboxylic acids is 3. The summed E-state index contributed by atoms with van der Waals surface area (Å²) in [5, 5.41) is 6.07. The molecule has 0 fully saturated rings. The number of hydrogen-bond acceptors (Lipinski definition) is 5. The molecular weight excluding hydrogens is 501 g/mol. The lowest BCUT2D eigenvalue weighted by atomic mass is 10.2. The highest BCUT2D eigenvalue weighted by Crippen LogP contribution is 2.31. The highest BCUT2D eigenvalue weighted by Gasteiger charge is 2.39. The van der Waals surface area contributed by atoms with E-state index in [0.717, 1.165) is 4.90 Å². The molecule has 172 valence electrons. The van der Waals surface area contributed by atoms with E-state index in [0.29, 0.717) is 38.4 Å². The second-order valence-electron chi connectivity index (χ2n) is 7.12. The van der Waals surface area contributed by atoms with Crippen LogP contribution < -0.4 is 20.3 Å². The number of anilines is 3. The molecule has 0 saturated carbocycles. The average Bonchev–Trinajstić information content (AvgIpc) is 3.05. The summed E-state index contributed by atoms with van der Waals surface area (Å²) in [7, 11) is 1.52. The van der Waals surface area contributed by atoms with Crippen molar-refractivity contribution in [2.75, 3.05) is 22.6 Å². The monoisotopic (exact) mass is 515 g/mol. The van der Waals surface area contributed by atoms with Crippen molar-refractivity contribution in [2.24, 2.45) is 0 Å². The van der Waals surface area contributed by atoms with Crippen LogP contribution in [-0.2, 0) is 9.59 Å². The molecule has 0 saturated heterocycles. The zero-order valence-electron chi connectivity index (χ0n) is 17.6. The van der Waals surface area contributed by atoms with Gasteiger partial charge in [-0.1, -0.05) is 34.8 Å². The Morgan fingerprint density at radius 1 is 0.824 bits per heavy atom. The standard InChI is InChI=1S/C24H16Cl3N3O4/c1-34-17-9-7-16(8-10-17)30-23(32)20(27)21(24(30)33)28-14-4-2-13(3-5-14)22(31)29-15-6-11-18(25)19(26)12-15/h2-12,28H,1H3,(H,29,31). The fourth-order valence-electron chi connectivity index (χ4n) is 3.20. The van der Waals surface area contributed by atoms with Gasteiger partial charge in [-0.25, -0.2) is 4.90 Å². The van der Waals surface area contributed by atoms with E-state index >= 15 is 0 Å². The van der Waals surface area contributed by atoms with Crippen LogP contribution in [-0.4, -0.2) is 24.8 Å². The van der Waals surface area contributed by atoms with E-state index in [4.69, 9.17) is 39.5 Å². The largest absolute Gasteiger partial charge is 0.497 e. The zero-order chi connectivity index (χ0) is 24.4. The Morgan fingerprint density at radius 2 is 1.47 bits per heavy atom. The van der Waals surface area contributed by atoms with Gasteiger partial charge in [-0.05, 0) is 66.7 Å². The molecule has 2 N–H and O–H groups in total. The first-order valence-electron chi connectivity index (χ1n) is 9.84. The van der Waals surface area contributed by atoms with E-state index in [1.165, 1.54) is 7.11 Å². The number of benzene rings is 3. The molecule has 4 rings (SSSR count). The molecule has 0 aromatic heterocycles. The van der Waals surface area contributed by atoms with Gasteiger partial charge in [-0.15, -0.1) is 0 Å². The van der Waals surface area contributed by atoms with E-state index in [1.54, 1.807) is 66.7 Å². The van der Waals surface area contributed by atoms with Crippen LogP contribution in [0.4, 0.5) is 17.1 Å². The van der Waals surface area contributed by atoms with Gasteiger partial charge in [-0.2, -0.15) is 0 Å². The third kappa shape index (κ3) is 4.72. The fourth-order valence-corrected chi connectivity index (χ4v) is 3.71. The summed E-state index contributed by atoms with van der Waals surface area (Å²) < 4.78 is 5.10. The lowest BCUT2D eigenvalue weighted by Gasteiger charge is -2.15. The third-order valence-corrected chi connectivity index (χ3v) is 6.04. The molecule has 1 aliphatic heterocycles. The molecular formula is C24H16Cl3N3O4. The predicted octanol–water partition coefficient (Wildman–Crippen LogP) is 5.69. The van der Waals surface area contributed by atoms with Crippen molar-refractivity contribution in [3.63, 3.8) is 0 Å². The van der Waals surface area contributed by atoms with Crippen molar-refractivity contribution in [3.05, 3.63) is 93.1 Å². The van der Waals surface area contributed by atoms with Crippen molar-refractivity contribution in [1.29, 1.82) is 0 Å². The van der Waals surface area contributed by atoms with Gasteiger partial charge >= 0.3 is 0 Å². The molecule has 34 heavy (non-hydrogen) atoms. The van der Waals surface area contributed by atoms with Gasteiger partial charge < -0.3 is 15.4 Å². The SMILES string of the molecule is COc1ccc(N2C(=O)C(Cl)=C(Nc3ccc(C(=O)Nc4ccc(Cl)c(Cl)c4)cc3)C2=O)cc1. The normalized spacial score (nSPS) is 13.4. The van der Waals surface area contributed by atoms with E-state index in [9.17, 15) is 14.4 Å². The average molecular weight is 517 g/mol. The smallest absolute Gasteiger partial charge is 0.283 e. The highest BCUT2D eigenvalue weighted by molar-refractivity contribution is 6.53. The Morgan fingerprint density at radius 3 is 2.09 bits per heavy atom. The molecule has 3 aromatic rings. The third-order valence-electron chi connectivity index (χ3n) is 4.95. The summed E-state index contributed by atoms with van der Waals surface area (Å²) in [6.07, 6.45) is 0. The maximum atomic E-state index is 12.9. The van der Waals surface area contributed by atoms with E-state index in [1.807, 2.05) is 0 Å². The molecule has 10 heteroatoms. The van der Waals surface area contributed by atoms with E-state index < -0.39 is 11.8 Å². The molecule has 3 amide bonds. The van der Waals surface area contributed by atoms with Crippen LogP contribution >= 0.6 is 34.8 Å². The lowest BCUT2D eigenvalue weighted by Crippen LogP contribution is -2.32. The minimum atomic E-state index is -0.642. The first kappa shape index (κ1) is 23.6. The zero-order valence-corrected chi connectivity index (χ0v) is 19.8. The van der Waals surface area contributed by atoms with E-state index in [2.05, 4.69) is 10.6 Å². The van der Waals surface area contributed by atoms with Gasteiger partial charge in [0.15, 0.2) is 0 Å². The van der Waals surface area contributed by atoms with Crippen molar-refractivity contribution >= 4 is 69.6 Å². The second kappa shape index (κ2) is 9.77. The Labute approximate surface area is 209 Å².